The highest BCUT2D eigenvalue weighted by atomic mass is 17.2. The Morgan fingerprint density at radius 3 is 2.00 bits per heavy atom. The zero-order valence-corrected chi connectivity index (χ0v) is 10.9. The van der Waals surface area contributed by atoms with Crippen LogP contribution in [0.4, 0.5) is 0 Å². The fourth-order valence-corrected chi connectivity index (χ4v) is 1.87. The average molecular weight is 260 g/mol. The lowest BCUT2D eigenvalue weighted by Gasteiger charge is -2.35. The molecule has 0 atom stereocenters. The minimum absolute atomic E-state index is 0.148. The van der Waals surface area contributed by atoms with Gasteiger partial charge in [-0.05, 0) is 46.5 Å². The summed E-state index contributed by atoms with van der Waals surface area (Å²) in [6, 6.07) is 0. The molecule has 0 spiro atoms. The van der Waals surface area contributed by atoms with Crippen molar-refractivity contribution in [2.75, 3.05) is 0 Å². The lowest BCUT2D eigenvalue weighted by molar-refractivity contribution is -0.401. The number of carboxylic acids is 2. The van der Waals surface area contributed by atoms with Crippen molar-refractivity contribution >= 4 is 11.9 Å². The van der Waals surface area contributed by atoms with Crippen molar-refractivity contribution in [3.05, 3.63) is 0 Å². The highest BCUT2D eigenvalue weighted by molar-refractivity contribution is 5.78. The largest absolute Gasteiger partial charge is 0.481 e. The van der Waals surface area contributed by atoms with Gasteiger partial charge in [0.2, 0.25) is 0 Å². The lowest BCUT2D eigenvalue weighted by atomic mass is 9.79. The van der Waals surface area contributed by atoms with Crippen molar-refractivity contribution in [2.45, 2.75) is 57.7 Å². The number of hydrogen-bond acceptors (Lipinski definition) is 4. The maximum atomic E-state index is 11.3. The van der Waals surface area contributed by atoms with Gasteiger partial charge in [0.1, 0.15) is 0 Å². The number of rotatable bonds is 4. The molecule has 1 rings (SSSR count). The molecule has 0 heterocycles. The highest BCUT2D eigenvalue weighted by Crippen LogP contribution is 2.36. The molecule has 1 aliphatic carbocycles. The molecule has 6 heteroatoms. The summed E-state index contributed by atoms with van der Waals surface area (Å²) in [6.45, 7) is 5.27. The molecule has 2 N–H and O–H groups in total. The summed E-state index contributed by atoms with van der Waals surface area (Å²) in [5.74, 6) is -2.47. The predicted octanol–water partition coefficient (Wildman–Crippen LogP) is 1.83. The Bertz CT molecular complexity index is 322. The first-order chi connectivity index (χ1) is 8.16. The van der Waals surface area contributed by atoms with Gasteiger partial charge in [0, 0.05) is 0 Å². The normalized spacial score (nSPS) is 28.9. The predicted molar refractivity (Wildman–Crippen MR) is 61.9 cm³/mol. The molecule has 104 valence electrons. The van der Waals surface area contributed by atoms with Gasteiger partial charge in [-0.2, -0.15) is 0 Å². The number of hydrogen-bond donors (Lipinski definition) is 2. The van der Waals surface area contributed by atoms with Gasteiger partial charge >= 0.3 is 11.9 Å². The molecular formula is C12H20O6. The number of carboxylic acid groups (broad SMARTS) is 2. The second-order valence-electron chi connectivity index (χ2n) is 5.69. The van der Waals surface area contributed by atoms with E-state index in [2.05, 4.69) is 0 Å². The van der Waals surface area contributed by atoms with Gasteiger partial charge in [-0.1, -0.05) is 0 Å². The second-order valence-corrected chi connectivity index (χ2v) is 5.69. The van der Waals surface area contributed by atoms with E-state index in [9.17, 15) is 14.7 Å². The summed E-state index contributed by atoms with van der Waals surface area (Å²) in [7, 11) is 0. The standard InChI is InChI=1S/C12H20O6/c1-11(2,3)17-18-12(10(15)16)6-4-8(5-7-12)9(13)14/h8H,4-7H2,1-3H3,(H,13,14)(H,15,16). The monoisotopic (exact) mass is 260 g/mol. The van der Waals surface area contributed by atoms with Gasteiger partial charge in [-0.15, -0.1) is 0 Å². The number of carbonyl (C=O) groups is 2. The molecule has 0 radical (unpaired) electrons. The fourth-order valence-electron chi connectivity index (χ4n) is 1.87. The molecule has 0 aliphatic heterocycles. The van der Waals surface area contributed by atoms with Crippen molar-refractivity contribution in [3.63, 3.8) is 0 Å². The average Bonchev–Trinajstić information content (AvgIpc) is 2.25. The van der Waals surface area contributed by atoms with E-state index in [1.165, 1.54) is 0 Å². The van der Waals surface area contributed by atoms with Crippen LogP contribution in [0.25, 0.3) is 0 Å². The van der Waals surface area contributed by atoms with Crippen LogP contribution in [0.15, 0.2) is 0 Å². The Hall–Kier alpha value is -1.14. The third-order valence-electron chi connectivity index (χ3n) is 2.98. The topological polar surface area (TPSA) is 93.1 Å². The van der Waals surface area contributed by atoms with E-state index in [0.29, 0.717) is 0 Å². The lowest BCUT2D eigenvalue weighted by Crippen LogP contribution is -2.47. The molecule has 0 aromatic rings. The van der Waals surface area contributed by atoms with E-state index >= 15 is 0 Å². The molecule has 0 aromatic carbocycles. The van der Waals surface area contributed by atoms with Crippen LogP contribution in [0.3, 0.4) is 0 Å². The molecule has 1 aliphatic rings. The van der Waals surface area contributed by atoms with Crippen LogP contribution in [0.2, 0.25) is 0 Å². The summed E-state index contributed by atoms with van der Waals surface area (Å²) in [6.07, 6.45) is 0.870. The van der Waals surface area contributed by atoms with Crippen molar-refractivity contribution in [2.24, 2.45) is 5.92 Å². The Balaban J connectivity index is 2.67. The van der Waals surface area contributed by atoms with Gasteiger partial charge in [0.25, 0.3) is 0 Å². The molecule has 0 amide bonds. The maximum absolute atomic E-state index is 11.3. The van der Waals surface area contributed by atoms with Crippen molar-refractivity contribution in [3.8, 4) is 0 Å². The summed E-state index contributed by atoms with van der Waals surface area (Å²) in [5, 5.41) is 18.1. The number of aliphatic carboxylic acids is 2. The first-order valence-corrected chi connectivity index (χ1v) is 5.99. The van der Waals surface area contributed by atoms with E-state index in [-0.39, 0.29) is 25.7 Å². The minimum Gasteiger partial charge on any atom is -0.481 e. The van der Waals surface area contributed by atoms with Crippen molar-refractivity contribution < 1.29 is 29.6 Å². The van der Waals surface area contributed by atoms with Crippen LogP contribution in [-0.2, 0) is 19.4 Å². The van der Waals surface area contributed by atoms with Crippen LogP contribution in [-0.4, -0.2) is 33.4 Å². The zero-order chi connectivity index (χ0) is 14.0. The summed E-state index contributed by atoms with van der Waals surface area (Å²) in [5.41, 5.74) is -2.02. The third-order valence-corrected chi connectivity index (χ3v) is 2.98. The van der Waals surface area contributed by atoms with E-state index in [0.717, 1.165) is 0 Å². The molecule has 0 saturated heterocycles. The van der Waals surface area contributed by atoms with E-state index in [1.54, 1.807) is 20.8 Å². The first kappa shape index (κ1) is 14.9. The molecule has 0 unspecified atom stereocenters. The SMILES string of the molecule is CC(C)(C)OOC1(C(=O)O)CCC(C(=O)O)CC1. The van der Waals surface area contributed by atoms with E-state index < -0.39 is 29.1 Å². The second kappa shape index (κ2) is 5.24. The van der Waals surface area contributed by atoms with Crippen LogP contribution < -0.4 is 0 Å². The van der Waals surface area contributed by atoms with Crippen LogP contribution >= 0.6 is 0 Å². The molecule has 6 nitrogen and oxygen atoms in total. The maximum Gasteiger partial charge on any atom is 0.339 e. The van der Waals surface area contributed by atoms with Gasteiger partial charge < -0.3 is 10.2 Å². The molecule has 1 saturated carbocycles. The third kappa shape index (κ3) is 3.68. The summed E-state index contributed by atoms with van der Waals surface area (Å²) < 4.78 is 0. The molecular weight excluding hydrogens is 240 g/mol. The molecule has 1 fully saturated rings. The Kier molecular flexibility index (Phi) is 4.34. The van der Waals surface area contributed by atoms with Crippen molar-refractivity contribution in [1.82, 2.24) is 0 Å². The Morgan fingerprint density at radius 2 is 1.67 bits per heavy atom. The quantitative estimate of drug-likeness (QED) is 0.591. The molecule has 0 bridgehead atoms. The van der Waals surface area contributed by atoms with Gasteiger partial charge in [-0.25, -0.2) is 14.6 Å². The molecule has 0 aromatic heterocycles. The van der Waals surface area contributed by atoms with Crippen LogP contribution in [0.1, 0.15) is 46.5 Å². The first-order valence-electron chi connectivity index (χ1n) is 5.99. The Morgan fingerprint density at radius 1 is 1.17 bits per heavy atom. The van der Waals surface area contributed by atoms with Crippen LogP contribution in [0.5, 0.6) is 0 Å². The highest BCUT2D eigenvalue weighted by Gasteiger charge is 2.46. The van der Waals surface area contributed by atoms with E-state index in [1.807, 2.05) is 0 Å². The van der Waals surface area contributed by atoms with Crippen molar-refractivity contribution in [1.29, 1.82) is 0 Å². The minimum atomic E-state index is -1.42. The smallest absolute Gasteiger partial charge is 0.339 e. The summed E-state index contributed by atoms with van der Waals surface area (Å²) in [4.78, 5) is 32.4. The summed E-state index contributed by atoms with van der Waals surface area (Å²) >= 11 is 0. The van der Waals surface area contributed by atoms with Gasteiger partial charge in [-0.3, -0.25) is 4.79 Å². The Labute approximate surface area is 106 Å². The van der Waals surface area contributed by atoms with Gasteiger partial charge in [0.15, 0.2) is 5.60 Å². The van der Waals surface area contributed by atoms with Gasteiger partial charge in [0.05, 0.1) is 11.5 Å². The fraction of sp³-hybridized carbons (Fsp3) is 0.833. The van der Waals surface area contributed by atoms with Crippen LogP contribution in [0, 0.1) is 5.92 Å². The molecule has 18 heavy (non-hydrogen) atoms. The van der Waals surface area contributed by atoms with E-state index in [4.69, 9.17) is 14.9 Å². The zero-order valence-electron chi connectivity index (χ0n) is 10.9.